The van der Waals surface area contributed by atoms with E-state index in [1.807, 2.05) is 6.92 Å². The summed E-state index contributed by atoms with van der Waals surface area (Å²) in [5.74, 6) is 5.23. The van der Waals surface area contributed by atoms with Gasteiger partial charge in [0.1, 0.15) is 0 Å². The van der Waals surface area contributed by atoms with Gasteiger partial charge in [-0.1, -0.05) is 30.4 Å². The van der Waals surface area contributed by atoms with Gasteiger partial charge in [-0.25, -0.2) is 4.90 Å². The summed E-state index contributed by atoms with van der Waals surface area (Å²) in [5.41, 5.74) is 6.40. The van der Waals surface area contributed by atoms with Crippen LogP contribution in [-0.4, -0.2) is 18.4 Å². The summed E-state index contributed by atoms with van der Waals surface area (Å²) in [6, 6.07) is 5.02. The Hall–Kier alpha value is -1.83. The molecule has 1 aliphatic rings. The van der Waals surface area contributed by atoms with Crippen LogP contribution >= 0.6 is 11.6 Å². The summed E-state index contributed by atoms with van der Waals surface area (Å²) in [7, 11) is 0. The average Bonchev–Trinajstić information content (AvgIpc) is 2.38. The van der Waals surface area contributed by atoms with Gasteiger partial charge < -0.3 is 5.73 Å². The van der Waals surface area contributed by atoms with Crippen molar-refractivity contribution in [2.45, 2.75) is 19.8 Å². The molecular weight excluding hydrogens is 276 g/mol. The van der Waals surface area contributed by atoms with Gasteiger partial charge >= 0.3 is 0 Å². The van der Waals surface area contributed by atoms with Crippen LogP contribution in [0, 0.1) is 17.8 Å². The number of carbonyl (C=O) groups excluding carboxylic acids is 2. The first-order valence-electron chi connectivity index (χ1n) is 6.37. The van der Waals surface area contributed by atoms with Crippen molar-refractivity contribution in [1.82, 2.24) is 0 Å². The van der Waals surface area contributed by atoms with Crippen LogP contribution in [0.1, 0.15) is 25.3 Å². The number of hydrogen-bond acceptors (Lipinski definition) is 3. The Bertz CT molecular complexity index is 598. The monoisotopic (exact) mass is 290 g/mol. The van der Waals surface area contributed by atoms with Crippen molar-refractivity contribution in [1.29, 1.82) is 0 Å². The van der Waals surface area contributed by atoms with E-state index in [1.54, 1.807) is 18.2 Å². The van der Waals surface area contributed by atoms with Crippen molar-refractivity contribution in [3.63, 3.8) is 0 Å². The number of piperidine rings is 1. The Kier molecular flexibility index (Phi) is 4.43. The molecule has 20 heavy (non-hydrogen) atoms. The van der Waals surface area contributed by atoms with Crippen LogP contribution in [0.3, 0.4) is 0 Å². The van der Waals surface area contributed by atoms with E-state index >= 15 is 0 Å². The van der Waals surface area contributed by atoms with Gasteiger partial charge in [0, 0.05) is 18.4 Å². The molecule has 1 aromatic carbocycles. The molecule has 1 aliphatic heterocycles. The summed E-state index contributed by atoms with van der Waals surface area (Å²) >= 11 is 6.11. The molecule has 0 spiro atoms. The molecule has 0 aromatic heterocycles. The zero-order valence-corrected chi connectivity index (χ0v) is 11.9. The molecule has 2 rings (SSSR count). The maximum Gasteiger partial charge on any atom is 0.234 e. The number of rotatable bonds is 1. The minimum atomic E-state index is -0.223. The Morgan fingerprint density at radius 3 is 2.60 bits per heavy atom. The first-order valence-corrected chi connectivity index (χ1v) is 6.75. The Morgan fingerprint density at radius 2 is 2.00 bits per heavy atom. The van der Waals surface area contributed by atoms with Crippen LogP contribution in [0.25, 0.3) is 0 Å². The number of anilines is 1. The van der Waals surface area contributed by atoms with E-state index < -0.39 is 0 Å². The third-order valence-electron chi connectivity index (χ3n) is 3.07. The van der Waals surface area contributed by atoms with Crippen LogP contribution in [0.4, 0.5) is 5.69 Å². The van der Waals surface area contributed by atoms with Gasteiger partial charge in [0.15, 0.2) is 0 Å². The van der Waals surface area contributed by atoms with Crippen LogP contribution < -0.4 is 10.6 Å². The Balaban J connectivity index is 2.40. The smallest absolute Gasteiger partial charge is 0.234 e. The fraction of sp³-hybridized carbons (Fsp3) is 0.333. The first kappa shape index (κ1) is 14.6. The number of hydrogen-bond donors (Lipinski definition) is 1. The second kappa shape index (κ2) is 6.08. The number of nitrogens with two attached hydrogens (primary N) is 1. The van der Waals surface area contributed by atoms with E-state index in [9.17, 15) is 9.59 Å². The second-order valence-corrected chi connectivity index (χ2v) is 5.22. The van der Waals surface area contributed by atoms with Crippen molar-refractivity contribution in [3.8, 4) is 11.8 Å². The minimum absolute atomic E-state index is 0.0743. The Labute approximate surface area is 122 Å². The summed E-state index contributed by atoms with van der Waals surface area (Å²) in [4.78, 5) is 25.3. The number of nitrogens with zero attached hydrogens (tertiary/aromatic N) is 1. The maximum absolute atomic E-state index is 12.1. The van der Waals surface area contributed by atoms with E-state index in [1.165, 1.54) is 0 Å². The van der Waals surface area contributed by atoms with Gasteiger partial charge in [-0.3, -0.25) is 9.59 Å². The summed E-state index contributed by atoms with van der Waals surface area (Å²) in [5, 5.41) is 0.361. The first-order chi connectivity index (χ1) is 9.52. The lowest BCUT2D eigenvalue weighted by atomic mass is 9.97. The molecule has 0 unspecified atom stereocenters. The zero-order chi connectivity index (χ0) is 14.7. The van der Waals surface area contributed by atoms with Gasteiger partial charge in [0.05, 0.1) is 17.3 Å². The SMILES string of the molecule is CC1CC(=O)N(c2cc(C#CCN)ccc2Cl)C(=O)C1. The molecule has 0 aliphatic carbocycles. The quantitative estimate of drug-likeness (QED) is 0.635. The standard InChI is InChI=1S/C15H15ClN2O2/c1-10-7-14(19)18(15(20)8-10)13-9-11(3-2-6-17)4-5-12(13)16/h4-5,9-10H,6-8,17H2,1H3. The van der Waals surface area contributed by atoms with Crippen LogP contribution in [0.5, 0.6) is 0 Å². The second-order valence-electron chi connectivity index (χ2n) is 4.81. The van der Waals surface area contributed by atoms with Crippen molar-refractivity contribution in [2.75, 3.05) is 11.4 Å². The van der Waals surface area contributed by atoms with Crippen molar-refractivity contribution in [2.24, 2.45) is 11.7 Å². The largest absolute Gasteiger partial charge is 0.320 e. The predicted molar refractivity (Wildman–Crippen MR) is 78.3 cm³/mol. The molecular formula is C15H15ClN2O2. The van der Waals surface area contributed by atoms with E-state index in [4.69, 9.17) is 17.3 Å². The Morgan fingerprint density at radius 1 is 1.35 bits per heavy atom. The molecule has 0 saturated carbocycles. The van der Waals surface area contributed by atoms with Crippen molar-refractivity contribution < 1.29 is 9.59 Å². The fourth-order valence-corrected chi connectivity index (χ4v) is 2.38. The molecule has 2 N–H and O–H groups in total. The maximum atomic E-state index is 12.1. The molecule has 0 atom stereocenters. The van der Waals surface area contributed by atoms with Crippen molar-refractivity contribution >= 4 is 29.1 Å². The molecule has 4 nitrogen and oxygen atoms in total. The van der Waals surface area contributed by atoms with E-state index in [0.717, 1.165) is 4.90 Å². The van der Waals surface area contributed by atoms with E-state index in [0.29, 0.717) is 29.1 Å². The van der Waals surface area contributed by atoms with Gasteiger partial charge in [0.25, 0.3) is 0 Å². The molecule has 104 valence electrons. The number of carbonyl (C=O) groups is 2. The number of benzene rings is 1. The average molecular weight is 291 g/mol. The molecule has 0 radical (unpaired) electrons. The third kappa shape index (κ3) is 3.01. The van der Waals surface area contributed by atoms with Gasteiger partial charge in [-0.05, 0) is 24.1 Å². The lowest BCUT2D eigenvalue weighted by molar-refractivity contribution is -0.130. The van der Waals surface area contributed by atoms with Crippen LogP contribution in [0.2, 0.25) is 5.02 Å². The summed E-state index contributed by atoms with van der Waals surface area (Å²) in [6.07, 6.45) is 0.696. The highest BCUT2D eigenvalue weighted by molar-refractivity contribution is 6.35. The van der Waals surface area contributed by atoms with Crippen molar-refractivity contribution in [3.05, 3.63) is 28.8 Å². The highest BCUT2D eigenvalue weighted by Crippen LogP contribution is 2.31. The topological polar surface area (TPSA) is 63.4 Å². The van der Waals surface area contributed by atoms with Crippen LogP contribution in [0.15, 0.2) is 18.2 Å². The molecule has 5 heteroatoms. The normalized spacial score (nSPS) is 16.1. The third-order valence-corrected chi connectivity index (χ3v) is 3.39. The number of amides is 2. The van der Waals surface area contributed by atoms with E-state index in [2.05, 4.69) is 11.8 Å². The molecule has 1 aromatic rings. The van der Waals surface area contributed by atoms with Gasteiger partial charge in [-0.15, -0.1) is 0 Å². The lowest BCUT2D eigenvalue weighted by Crippen LogP contribution is -2.43. The highest BCUT2D eigenvalue weighted by Gasteiger charge is 2.32. The summed E-state index contributed by atoms with van der Waals surface area (Å²) in [6.45, 7) is 2.13. The fourth-order valence-electron chi connectivity index (χ4n) is 2.17. The molecule has 1 heterocycles. The lowest BCUT2D eigenvalue weighted by Gasteiger charge is -2.29. The molecule has 1 saturated heterocycles. The number of imide groups is 1. The number of halogens is 1. The van der Waals surface area contributed by atoms with Crippen LogP contribution in [-0.2, 0) is 9.59 Å². The molecule has 0 bridgehead atoms. The summed E-state index contributed by atoms with van der Waals surface area (Å²) < 4.78 is 0. The van der Waals surface area contributed by atoms with Gasteiger partial charge in [-0.2, -0.15) is 0 Å². The zero-order valence-electron chi connectivity index (χ0n) is 11.1. The highest BCUT2D eigenvalue weighted by atomic mass is 35.5. The minimum Gasteiger partial charge on any atom is -0.320 e. The predicted octanol–water partition coefficient (Wildman–Crippen LogP) is 1.94. The molecule has 2 amide bonds. The molecule has 1 fully saturated rings. The van der Waals surface area contributed by atoms with Gasteiger partial charge in [0.2, 0.25) is 11.8 Å². The van der Waals surface area contributed by atoms with E-state index in [-0.39, 0.29) is 24.3 Å².